The normalized spacial score (nSPS) is 14.9. The largest absolute Gasteiger partial charge is 0.410 e. The molecule has 0 aromatic carbocycles. The second kappa shape index (κ2) is 5.63. The zero-order chi connectivity index (χ0) is 13.9. The molecule has 2 aromatic rings. The van der Waals surface area contributed by atoms with Crippen LogP contribution in [0.4, 0.5) is 4.79 Å². The highest BCUT2D eigenvalue weighted by molar-refractivity contribution is 7.99. The molecule has 3 rings (SSSR count). The molecular formula is C11H10N4O3S2. The third-order valence-electron chi connectivity index (χ3n) is 2.62. The lowest BCUT2D eigenvalue weighted by Gasteiger charge is -2.10. The van der Waals surface area contributed by atoms with Crippen LogP contribution < -0.4 is 5.32 Å². The highest BCUT2D eigenvalue weighted by Crippen LogP contribution is 2.26. The van der Waals surface area contributed by atoms with Gasteiger partial charge < -0.3 is 9.73 Å². The molecular weight excluding hydrogens is 300 g/mol. The van der Waals surface area contributed by atoms with Gasteiger partial charge >= 0.3 is 6.03 Å². The average molecular weight is 310 g/mol. The maximum Gasteiger partial charge on any atom is 0.324 e. The quantitative estimate of drug-likeness (QED) is 0.664. The highest BCUT2D eigenvalue weighted by Gasteiger charge is 2.27. The standard InChI is InChI=1S/C11H10N4O3S2/c16-8-6-12-10(17)15(8)3-5-20-11-14-13-9(18-11)7-2-1-4-19-7/h1-2,4H,3,5-6H2,(H,12,17). The van der Waals surface area contributed by atoms with Crippen molar-refractivity contribution >= 4 is 35.0 Å². The van der Waals surface area contributed by atoms with Gasteiger partial charge in [0.1, 0.15) is 0 Å². The van der Waals surface area contributed by atoms with Crippen LogP contribution in [0, 0.1) is 0 Å². The van der Waals surface area contributed by atoms with E-state index in [2.05, 4.69) is 15.5 Å². The van der Waals surface area contributed by atoms with Gasteiger partial charge in [0.05, 0.1) is 11.4 Å². The molecule has 0 aliphatic carbocycles. The SMILES string of the molecule is O=C1CNC(=O)N1CCSc1nnc(-c2cccs2)o1. The van der Waals surface area contributed by atoms with Gasteiger partial charge in [-0.3, -0.25) is 9.69 Å². The molecule has 9 heteroatoms. The van der Waals surface area contributed by atoms with Crippen LogP contribution >= 0.6 is 23.1 Å². The van der Waals surface area contributed by atoms with Crippen LogP contribution in [0.5, 0.6) is 0 Å². The summed E-state index contributed by atoms with van der Waals surface area (Å²) in [5.74, 6) is 0.795. The molecule has 3 heterocycles. The highest BCUT2D eigenvalue weighted by atomic mass is 32.2. The van der Waals surface area contributed by atoms with E-state index in [9.17, 15) is 9.59 Å². The third kappa shape index (κ3) is 2.68. The van der Waals surface area contributed by atoms with Crippen LogP contribution in [0.25, 0.3) is 10.8 Å². The van der Waals surface area contributed by atoms with Crippen molar-refractivity contribution in [3.05, 3.63) is 17.5 Å². The smallest absolute Gasteiger partial charge is 0.324 e. The maximum absolute atomic E-state index is 11.4. The summed E-state index contributed by atoms with van der Waals surface area (Å²) in [4.78, 5) is 24.8. The third-order valence-corrected chi connectivity index (χ3v) is 4.27. The number of aromatic nitrogens is 2. The number of hydrogen-bond donors (Lipinski definition) is 1. The lowest BCUT2D eigenvalue weighted by molar-refractivity contribution is -0.124. The van der Waals surface area contributed by atoms with E-state index in [1.807, 2.05) is 17.5 Å². The number of rotatable bonds is 5. The Bertz CT molecular complexity index is 609. The van der Waals surface area contributed by atoms with Gasteiger partial charge in [-0.25, -0.2) is 4.79 Å². The molecule has 0 radical (unpaired) electrons. The second-order valence-electron chi connectivity index (χ2n) is 3.90. The molecule has 7 nitrogen and oxygen atoms in total. The van der Waals surface area contributed by atoms with E-state index >= 15 is 0 Å². The van der Waals surface area contributed by atoms with Gasteiger partial charge in [-0.2, -0.15) is 0 Å². The summed E-state index contributed by atoms with van der Waals surface area (Å²) in [5.41, 5.74) is 0. The van der Waals surface area contributed by atoms with E-state index in [-0.39, 0.29) is 18.5 Å². The molecule has 0 atom stereocenters. The van der Waals surface area contributed by atoms with Crippen molar-refractivity contribution in [2.24, 2.45) is 0 Å². The Morgan fingerprint density at radius 1 is 1.45 bits per heavy atom. The van der Waals surface area contributed by atoms with Crippen molar-refractivity contribution in [3.8, 4) is 10.8 Å². The summed E-state index contributed by atoms with van der Waals surface area (Å²) in [5, 5.41) is 12.7. The molecule has 1 saturated heterocycles. The van der Waals surface area contributed by atoms with Crippen molar-refractivity contribution in [2.75, 3.05) is 18.8 Å². The fraction of sp³-hybridized carbons (Fsp3) is 0.273. The Labute approximate surface area is 122 Å². The minimum Gasteiger partial charge on any atom is -0.410 e. The van der Waals surface area contributed by atoms with Crippen molar-refractivity contribution in [1.29, 1.82) is 0 Å². The number of carbonyl (C=O) groups excluding carboxylic acids is 2. The molecule has 0 saturated carbocycles. The lowest BCUT2D eigenvalue weighted by Crippen LogP contribution is -2.32. The Hall–Kier alpha value is -1.87. The number of carbonyl (C=O) groups is 2. The lowest BCUT2D eigenvalue weighted by atomic mass is 10.5. The number of thioether (sulfide) groups is 1. The van der Waals surface area contributed by atoms with Gasteiger partial charge in [-0.1, -0.05) is 17.8 Å². The molecule has 0 unspecified atom stereocenters. The van der Waals surface area contributed by atoms with E-state index < -0.39 is 0 Å². The predicted octanol–water partition coefficient (Wildman–Crippen LogP) is 1.44. The molecule has 1 aliphatic rings. The van der Waals surface area contributed by atoms with Crippen molar-refractivity contribution in [1.82, 2.24) is 20.4 Å². The van der Waals surface area contributed by atoms with Gasteiger partial charge in [0, 0.05) is 12.3 Å². The first-order valence-corrected chi connectivity index (χ1v) is 7.69. The number of amides is 3. The van der Waals surface area contributed by atoms with Crippen molar-refractivity contribution in [3.63, 3.8) is 0 Å². The summed E-state index contributed by atoms with van der Waals surface area (Å²) < 4.78 is 5.49. The summed E-state index contributed by atoms with van der Waals surface area (Å²) in [7, 11) is 0. The van der Waals surface area contributed by atoms with Crippen molar-refractivity contribution < 1.29 is 14.0 Å². The maximum atomic E-state index is 11.4. The second-order valence-corrected chi connectivity index (χ2v) is 5.90. The zero-order valence-electron chi connectivity index (χ0n) is 10.2. The Kier molecular flexibility index (Phi) is 3.70. The van der Waals surface area contributed by atoms with E-state index in [1.165, 1.54) is 28.0 Å². The summed E-state index contributed by atoms with van der Waals surface area (Å²) in [6.45, 7) is 0.401. The summed E-state index contributed by atoms with van der Waals surface area (Å²) in [6.07, 6.45) is 0. The van der Waals surface area contributed by atoms with E-state index in [0.29, 0.717) is 23.4 Å². The molecule has 1 aliphatic heterocycles. The van der Waals surface area contributed by atoms with Crippen molar-refractivity contribution in [2.45, 2.75) is 5.22 Å². The van der Waals surface area contributed by atoms with Gasteiger partial charge in [0.15, 0.2) is 0 Å². The fourth-order valence-corrected chi connectivity index (χ4v) is 3.00. The first-order chi connectivity index (χ1) is 9.74. The minimum absolute atomic E-state index is 0.0760. The fourth-order valence-electron chi connectivity index (χ4n) is 1.67. The molecule has 0 spiro atoms. The Morgan fingerprint density at radius 3 is 3.05 bits per heavy atom. The predicted molar refractivity (Wildman–Crippen MR) is 73.4 cm³/mol. The topological polar surface area (TPSA) is 88.3 Å². The number of hydrogen-bond acceptors (Lipinski definition) is 7. The van der Waals surface area contributed by atoms with Crippen LogP contribution in [0.1, 0.15) is 0 Å². The summed E-state index contributed by atoms with van der Waals surface area (Å²) in [6, 6.07) is 3.47. The van der Waals surface area contributed by atoms with Gasteiger partial charge in [0.25, 0.3) is 11.1 Å². The van der Waals surface area contributed by atoms with Crippen LogP contribution in [-0.4, -0.2) is 45.9 Å². The van der Waals surface area contributed by atoms with Crippen LogP contribution in [0.3, 0.4) is 0 Å². The average Bonchev–Trinajstić information content (AvgIpc) is 3.14. The van der Waals surface area contributed by atoms with E-state index in [4.69, 9.17) is 4.42 Å². The molecule has 104 valence electrons. The zero-order valence-corrected chi connectivity index (χ0v) is 11.9. The van der Waals surface area contributed by atoms with Crippen LogP contribution in [-0.2, 0) is 4.79 Å². The number of nitrogens with zero attached hydrogens (tertiary/aromatic N) is 3. The van der Waals surface area contributed by atoms with Gasteiger partial charge in [-0.05, 0) is 11.4 Å². The Balaban J connectivity index is 1.54. The van der Waals surface area contributed by atoms with Gasteiger partial charge in [0.2, 0.25) is 5.91 Å². The number of nitrogens with one attached hydrogen (secondary N) is 1. The van der Waals surface area contributed by atoms with E-state index in [0.717, 1.165) is 4.88 Å². The first kappa shape index (κ1) is 13.1. The molecule has 1 N–H and O–H groups in total. The first-order valence-electron chi connectivity index (χ1n) is 5.82. The molecule has 20 heavy (non-hydrogen) atoms. The number of thiophene rings is 1. The van der Waals surface area contributed by atoms with Crippen LogP contribution in [0.2, 0.25) is 0 Å². The number of urea groups is 1. The van der Waals surface area contributed by atoms with Gasteiger partial charge in [-0.15, -0.1) is 21.5 Å². The summed E-state index contributed by atoms with van der Waals surface area (Å²) >= 11 is 2.84. The Morgan fingerprint density at radius 2 is 2.35 bits per heavy atom. The number of imide groups is 1. The van der Waals surface area contributed by atoms with E-state index in [1.54, 1.807) is 0 Å². The monoisotopic (exact) mass is 310 g/mol. The molecule has 2 aromatic heterocycles. The minimum atomic E-state index is -0.347. The molecule has 0 bridgehead atoms. The molecule has 1 fully saturated rings. The van der Waals surface area contributed by atoms with Crippen LogP contribution in [0.15, 0.2) is 27.2 Å². The molecule has 3 amide bonds.